The molecule has 0 N–H and O–H groups in total. The van der Waals surface area contributed by atoms with E-state index in [-0.39, 0.29) is 5.43 Å². The number of nitrogens with zero attached hydrogens (tertiary/aromatic N) is 2. The minimum Gasteiger partial charge on any atom is -0.496 e. The molecule has 0 aliphatic carbocycles. The third kappa shape index (κ3) is 3.65. The van der Waals surface area contributed by atoms with E-state index in [4.69, 9.17) is 13.9 Å². The van der Waals surface area contributed by atoms with Gasteiger partial charge >= 0.3 is 0 Å². The van der Waals surface area contributed by atoms with Crippen molar-refractivity contribution in [3.63, 3.8) is 0 Å². The number of methoxy groups -OCH3 is 1. The van der Waals surface area contributed by atoms with Crippen LogP contribution in [-0.2, 0) is 0 Å². The molecule has 1 fully saturated rings. The van der Waals surface area contributed by atoms with Gasteiger partial charge in [0.05, 0.1) is 12.7 Å². The topological polar surface area (TPSA) is 55.2 Å². The highest BCUT2D eigenvalue weighted by atomic mass is 16.5. The number of likely N-dealkylation sites (N-methyl/N-ethyl adjacent to an activating group) is 1. The third-order valence-electron chi connectivity index (χ3n) is 6.23. The quantitative estimate of drug-likeness (QED) is 0.611. The molecule has 3 heterocycles. The van der Waals surface area contributed by atoms with E-state index in [0.717, 1.165) is 37.3 Å². The summed E-state index contributed by atoms with van der Waals surface area (Å²) in [5.41, 5.74) is 2.71. The number of fused-ring (bicyclic) bond motifs is 3. The molecule has 0 unspecified atom stereocenters. The average Bonchev–Trinajstić information content (AvgIpc) is 2.78. The van der Waals surface area contributed by atoms with Crippen LogP contribution >= 0.6 is 0 Å². The lowest BCUT2D eigenvalue weighted by Crippen LogP contribution is -2.44. The molecule has 0 spiro atoms. The van der Waals surface area contributed by atoms with E-state index in [1.165, 1.54) is 5.69 Å². The van der Waals surface area contributed by atoms with Gasteiger partial charge in [-0.3, -0.25) is 4.79 Å². The summed E-state index contributed by atoms with van der Waals surface area (Å²) >= 11 is 0. The molecular weight excluding hydrogens is 404 g/mol. The highest BCUT2D eigenvalue weighted by Gasteiger charge is 2.27. The number of rotatable bonds is 3. The Bertz CT molecular complexity index is 1250. The second-order valence-electron chi connectivity index (χ2n) is 9.05. The smallest absolute Gasteiger partial charge is 0.197 e. The average molecular weight is 433 g/mol. The van der Waals surface area contributed by atoms with Gasteiger partial charge in [0.25, 0.3) is 0 Å². The van der Waals surface area contributed by atoms with Crippen molar-refractivity contribution in [3.05, 3.63) is 58.3 Å². The van der Waals surface area contributed by atoms with E-state index in [9.17, 15) is 4.79 Å². The molecule has 1 aromatic heterocycles. The lowest BCUT2D eigenvalue weighted by atomic mass is 9.99. The Morgan fingerprint density at radius 1 is 1.03 bits per heavy atom. The van der Waals surface area contributed by atoms with E-state index < -0.39 is 5.60 Å². The van der Waals surface area contributed by atoms with Crippen molar-refractivity contribution < 1.29 is 13.9 Å². The summed E-state index contributed by atoms with van der Waals surface area (Å²) in [5.74, 6) is 1.63. The maximum Gasteiger partial charge on any atom is 0.197 e. The minimum atomic E-state index is -0.442. The van der Waals surface area contributed by atoms with Crippen LogP contribution in [0.3, 0.4) is 0 Å². The first-order valence-corrected chi connectivity index (χ1v) is 11.0. The third-order valence-corrected chi connectivity index (χ3v) is 6.23. The molecule has 3 aromatic rings. The van der Waals surface area contributed by atoms with Crippen LogP contribution in [0.15, 0.2) is 51.7 Å². The zero-order chi connectivity index (χ0) is 22.5. The monoisotopic (exact) mass is 432 g/mol. The molecule has 5 rings (SSSR count). The van der Waals surface area contributed by atoms with Crippen molar-refractivity contribution in [2.45, 2.75) is 19.4 Å². The second kappa shape index (κ2) is 7.71. The predicted octanol–water partition coefficient (Wildman–Crippen LogP) is 4.40. The Morgan fingerprint density at radius 3 is 2.44 bits per heavy atom. The first kappa shape index (κ1) is 20.6. The van der Waals surface area contributed by atoms with E-state index >= 15 is 0 Å². The number of hydrogen-bond donors (Lipinski definition) is 0. The van der Waals surface area contributed by atoms with Gasteiger partial charge in [-0.2, -0.15) is 0 Å². The molecule has 6 heteroatoms. The van der Waals surface area contributed by atoms with Crippen LogP contribution in [0, 0.1) is 0 Å². The molecule has 0 bridgehead atoms. The molecule has 0 amide bonds. The normalized spacial score (nSPS) is 17.8. The number of benzene rings is 2. The summed E-state index contributed by atoms with van der Waals surface area (Å²) in [6.07, 6.45) is 3.93. The molecule has 0 atom stereocenters. The van der Waals surface area contributed by atoms with E-state index in [0.29, 0.717) is 28.2 Å². The zero-order valence-corrected chi connectivity index (χ0v) is 19.0. The SMILES string of the molecule is COc1cc2c(c3oc(-c4ccc(N5CCN(C)CC5)cc4)cc(=O)c13)C=CC(C)(C)O2. The molecule has 0 radical (unpaired) electrons. The standard InChI is InChI=1S/C26H28N2O4/c1-26(2)10-9-19-22(32-26)16-23(30-4)24-20(29)15-21(31-25(19)24)17-5-7-18(8-6-17)28-13-11-27(3)12-14-28/h5-10,15-16H,11-14H2,1-4H3. The molecule has 2 aliphatic rings. The number of anilines is 1. The van der Waals surface area contributed by atoms with Gasteiger partial charge in [0, 0.05) is 49.6 Å². The first-order valence-electron chi connectivity index (χ1n) is 11.0. The van der Waals surface area contributed by atoms with Crippen molar-refractivity contribution in [1.29, 1.82) is 0 Å². The van der Waals surface area contributed by atoms with Crippen LogP contribution in [0.1, 0.15) is 19.4 Å². The van der Waals surface area contributed by atoms with Crippen LogP contribution in [0.4, 0.5) is 5.69 Å². The van der Waals surface area contributed by atoms with Crippen molar-refractivity contribution in [1.82, 2.24) is 4.90 Å². The van der Waals surface area contributed by atoms with Crippen LogP contribution in [0.2, 0.25) is 0 Å². The molecule has 1 saturated heterocycles. The largest absolute Gasteiger partial charge is 0.496 e. The summed E-state index contributed by atoms with van der Waals surface area (Å²) in [5, 5.41) is 0.428. The Kier molecular flexibility index (Phi) is 4.97. The van der Waals surface area contributed by atoms with E-state index in [1.54, 1.807) is 19.2 Å². The van der Waals surface area contributed by atoms with Crippen LogP contribution in [-0.4, -0.2) is 50.8 Å². The summed E-state index contributed by atoms with van der Waals surface area (Å²) in [6, 6.07) is 11.5. The Labute approximate surface area is 187 Å². The van der Waals surface area contributed by atoms with Crippen LogP contribution in [0.25, 0.3) is 28.4 Å². The van der Waals surface area contributed by atoms with Gasteiger partial charge in [0.1, 0.15) is 28.2 Å². The van der Waals surface area contributed by atoms with Gasteiger partial charge in [-0.05, 0) is 57.3 Å². The van der Waals surface area contributed by atoms with Gasteiger partial charge in [0.2, 0.25) is 0 Å². The van der Waals surface area contributed by atoms with E-state index in [1.807, 2.05) is 38.1 Å². The fraction of sp³-hybridized carbons (Fsp3) is 0.346. The lowest BCUT2D eigenvalue weighted by molar-refractivity contribution is 0.158. The fourth-order valence-corrected chi connectivity index (χ4v) is 4.35. The summed E-state index contributed by atoms with van der Waals surface area (Å²) < 4.78 is 17.9. The number of piperazine rings is 1. The van der Waals surface area contributed by atoms with Gasteiger partial charge in [-0.25, -0.2) is 0 Å². The van der Waals surface area contributed by atoms with Crippen molar-refractivity contribution >= 4 is 22.7 Å². The maximum atomic E-state index is 13.1. The van der Waals surface area contributed by atoms with Gasteiger partial charge in [-0.1, -0.05) is 0 Å². The molecule has 0 saturated carbocycles. The Balaban J connectivity index is 1.58. The first-order chi connectivity index (χ1) is 15.3. The number of ether oxygens (including phenoxy) is 2. The second-order valence-corrected chi connectivity index (χ2v) is 9.05. The van der Waals surface area contributed by atoms with Crippen LogP contribution < -0.4 is 19.8 Å². The Morgan fingerprint density at radius 2 is 1.75 bits per heavy atom. The molecular formula is C26H28N2O4. The highest BCUT2D eigenvalue weighted by molar-refractivity contribution is 5.94. The summed E-state index contributed by atoms with van der Waals surface area (Å²) in [7, 11) is 3.70. The van der Waals surface area contributed by atoms with Gasteiger partial charge in [0.15, 0.2) is 11.0 Å². The molecule has 32 heavy (non-hydrogen) atoms. The minimum absolute atomic E-state index is 0.137. The van der Waals surface area contributed by atoms with Gasteiger partial charge < -0.3 is 23.7 Å². The zero-order valence-electron chi connectivity index (χ0n) is 19.0. The van der Waals surface area contributed by atoms with Crippen LogP contribution in [0.5, 0.6) is 11.5 Å². The molecule has 6 nitrogen and oxygen atoms in total. The summed E-state index contributed by atoms with van der Waals surface area (Å²) in [4.78, 5) is 17.8. The summed E-state index contributed by atoms with van der Waals surface area (Å²) in [6.45, 7) is 8.10. The van der Waals surface area contributed by atoms with Crippen molar-refractivity contribution in [3.8, 4) is 22.8 Å². The Hall–Kier alpha value is -3.25. The molecule has 166 valence electrons. The predicted molar refractivity (Wildman–Crippen MR) is 128 cm³/mol. The highest BCUT2D eigenvalue weighted by Crippen LogP contribution is 2.41. The van der Waals surface area contributed by atoms with E-state index in [2.05, 4.69) is 29.0 Å². The lowest BCUT2D eigenvalue weighted by Gasteiger charge is -2.34. The van der Waals surface area contributed by atoms with Crippen molar-refractivity contribution in [2.24, 2.45) is 0 Å². The fourth-order valence-electron chi connectivity index (χ4n) is 4.35. The number of hydrogen-bond acceptors (Lipinski definition) is 6. The maximum absolute atomic E-state index is 13.1. The van der Waals surface area contributed by atoms with Gasteiger partial charge in [-0.15, -0.1) is 0 Å². The molecule has 2 aromatic carbocycles. The molecule has 2 aliphatic heterocycles. The van der Waals surface area contributed by atoms with Crippen molar-refractivity contribution in [2.75, 3.05) is 45.2 Å².